The molecule has 0 aliphatic carbocycles. The van der Waals surface area contributed by atoms with Crippen LogP contribution in [0.25, 0.3) is 0 Å². The molecule has 0 aromatic heterocycles. The Morgan fingerprint density at radius 2 is 1.05 bits per heavy atom. The molecule has 0 saturated heterocycles. The molecule has 242 valence electrons. The number of nitrogens with zero attached hydrogens (tertiary/aromatic N) is 1. The van der Waals surface area contributed by atoms with Gasteiger partial charge in [-0.15, -0.1) is 0 Å². The molecule has 0 radical (unpaired) electrons. The summed E-state index contributed by atoms with van der Waals surface area (Å²) in [5.41, 5.74) is 0. The second kappa shape index (κ2) is 48.3. The molecule has 0 aliphatic heterocycles. The fraction of sp³-hybridized carbons (Fsp3) is 0.774. The zero-order valence-corrected chi connectivity index (χ0v) is 28.4. The van der Waals surface area contributed by atoms with Crippen LogP contribution in [0.2, 0.25) is 0 Å². The standard InChI is InChI=1S/C21H40O3.C4H7N.3C2H4O2.Al/c1-4-5-6-7-8-9-10-11-12-13-14-15-16-17-18-19-21(22)24-23-20(2)3;1-2-3-4-5;3*1-2(3)4;/h11-12,20H,4-10,13-19H2,1-3H3;2-3H2,1H3;3*1H3,(H,3,4);/q;;;;;+3/p-3/b12-11-;;;;;. The Morgan fingerprint density at radius 1 is 0.690 bits per heavy atom. The predicted molar refractivity (Wildman–Crippen MR) is 160 cm³/mol. The van der Waals surface area contributed by atoms with E-state index in [0.29, 0.717) is 12.8 Å². The maximum Gasteiger partial charge on any atom is 3.00 e. The molecule has 0 rings (SSSR count). The number of carboxylic acid groups (broad SMARTS) is 3. The molecule has 0 heterocycles. The van der Waals surface area contributed by atoms with E-state index >= 15 is 0 Å². The van der Waals surface area contributed by atoms with Gasteiger partial charge in [-0.2, -0.15) is 10.1 Å². The van der Waals surface area contributed by atoms with E-state index in [0.717, 1.165) is 40.0 Å². The maximum absolute atomic E-state index is 11.3. The summed E-state index contributed by atoms with van der Waals surface area (Å²) in [5.74, 6) is -3.50. The summed E-state index contributed by atoms with van der Waals surface area (Å²) in [6, 6.07) is 2.02. The van der Waals surface area contributed by atoms with Crippen LogP contribution in [0.3, 0.4) is 0 Å². The smallest absolute Gasteiger partial charge is 0.550 e. The quantitative estimate of drug-likeness (QED) is 0.0718. The second-order valence-corrected chi connectivity index (χ2v) is 9.32. The van der Waals surface area contributed by atoms with Crippen molar-refractivity contribution in [1.82, 2.24) is 0 Å². The van der Waals surface area contributed by atoms with Crippen LogP contribution in [0.5, 0.6) is 0 Å². The van der Waals surface area contributed by atoms with Gasteiger partial charge in [0, 0.05) is 30.7 Å². The first-order valence-electron chi connectivity index (χ1n) is 14.7. The fourth-order valence-electron chi connectivity index (χ4n) is 2.64. The summed E-state index contributed by atoms with van der Waals surface area (Å²) >= 11 is 0. The Morgan fingerprint density at radius 3 is 1.36 bits per heavy atom. The molecule has 42 heavy (non-hydrogen) atoms. The van der Waals surface area contributed by atoms with Crippen LogP contribution in [0.15, 0.2) is 12.2 Å². The summed E-state index contributed by atoms with van der Waals surface area (Å²) in [6.07, 6.45) is 23.2. The number of nitriles is 1. The summed E-state index contributed by atoms with van der Waals surface area (Å²) in [6.45, 7) is 10.9. The fourth-order valence-corrected chi connectivity index (χ4v) is 2.64. The number of hydrogen-bond acceptors (Lipinski definition) is 10. The van der Waals surface area contributed by atoms with Crippen molar-refractivity contribution in [2.75, 3.05) is 0 Å². The van der Waals surface area contributed by atoms with Crippen LogP contribution in [0.1, 0.15) is 151 Å². The van der Waals surface area contributed by atoms with Crippen molar-refractivity contribution in [1.29, 1.82) is 5.26 Å². The summed E-state index contributed by atoms with van der Waals surface area (Å²) in [7, 11) is 0. The Bertz CT molecular complexity index is 623. The number of hydrogen-bond donors (Lipinski definition) is 0. The van der Waals surface area contributed by atoms with Gasteiger partial charge in [-0.3, -0.25) is 4.89 Å². The molecule has 0 fully saturated rings. The van der Waals surface area contributed by atoms with Crippen molar-refractivity contribution >= 4 is 41.2 Å². The van der Waals surface area contributed by atoms with Gasteiger partial charge < -0.3 is 29.7 Å². The van der Waals surface area contributed by atoms with Crippen molar-refractivity contribution in [2.45, 2.75) is 157 Å². The zero-order chi connectivity index (χ0) is 32.7. The Balaban J connectivity index is -0.000000146. The van der Waals surface area contributed by atoms with Crippen LogP contribution < -0.4 is 15.3 Å². The van der Waals surface area contributed by atoms with Gasteiger partial charge in [-0.25, -0.2) is 4.79 Å². The first-order chi connectivity index (χ1) is 19.3. The SMILES string of the molecule is CC(=O)[O-].CC(=O)[O-].CC(=O)[O-].CCCC#N.CCCCCCCC/C=C\CCCCCCCC(=O)OOC(C)C.[Al+3]. The summed E-state index contributed by atoms with van der Waals surface area (Å²) in [4.78, 5) is 47.5. The van der Waals surface area contributed by atoms with Gasteiger partial charge in [0.2, 0.25) is 0 Å². The third kappa shape index (κ3) is 108. The molecule has 0 aromatic carbocycles. The third-order valence-electron chi connectivity index (χ3n) is 4.34. The summed E-state index contributed by atoms with van der Waals surface area (Å²) < 4.78 is 0. The van der Waals surface area contributed by atoms with E-state index in [-0.39, 0.29) is 29.4 Å². The zero-order valence-electron chi connectivity index (χ0n) is 27.2. The average Bonchev–Trinajstić information content (AvgIpc) is 2.85. The molecule has 0 N–H and O–H groups in total. The van der Waals surface area contributed by atoms with Gasteiger partial charge in [0.05, 0.1) is 12.2 Å². The Labute approximate surface area is 265 Å². The molecule has 0 bridgehead atoms. The van der Waals surface area contributed by atoms with Crippen molar-refractivity contribution in [3.05, 3.63) is 12.2 Å². The molecule has 11 heteroatoms. The van der Waals surface area contributed by atoms with E-state index in [2.05, 4.69) is 24.0 Å². The number of carbonyl (C=O) groups excluding carboxylic acids is 4. The van der Waals surface area contributed by atoms with E-state index in [1.165, 1.54) is 70.6 Å². The minimum Gasteiger partial charge on any atom is -0.550 e. The topological polar surface area (TPSA) is 180 Å². The van der Waals surface area contributed by atoms with Crippen molar-refractivity contribution < 1.29 is 44.3 Å². The number of allylic oxidation sites excluding steroid dienone is 2. The number of rotatable bonds is 18. The minimum absolute atomic E-state index is 0. The molecule has 10 nitrogen and oxygen atoms in total. The van der Waals surface area contributed by atoms with Gasteiger partial charge in [-0.1, -0.05) is 77.4 Å². The predicted octanol–water partition coefficient (Wildman–Crippen LogP) is 4.10. The van der Waals surface area contributed by atoms with E-state index < -0.39 is 17.9 Å². The molecular weight excluding hydrogens is 557 g/mol. The third-order valence-corrected chi connectivity index (χ3v) is 4.34. The van der Waals surface area contributed by atoms with Crippen LogP contribution in [0, 0.1) is 11.3 Å². The summed E-state index contributed by atoms with van der Waals surface area (Å²) in [5, 5.41) is 34.5. The number of carboxylic acids is 3. The number of aliphatic carboxylic acids is 3. The molecule has 0 aliphatic rings. The van der Waals surface area contributed by atoms with E-state index in [4.69, 9.17) is 39.9 Å². The van der Waals surface area contributed by atoms with E-state index in [1.54, 1.807) is 0 Å². The van der Waals surface area contributed by atoms with E-state index in [1.807, 2.05) is 26.8 Å². The Kier molecular flexibility index (Phi) is 60.2. The molecule has 0 amide bonds. The van der Waals surface area contributed by atoms with E-state index in [9.17, 15) is 4.79 Å². The molecule has 0 aromatic rings. The molecule has 0 atom stereocenters. The first-order valence-corrected chi connectivity index (χ1v) is 14.7. The average molecular weight is 614 g/mol. The minimum atomic E-state index is -1.08. The van der Waals surface area contributed by atoms with Gasteiger partial charge in [0.15, 0.2) is 0 Å². The van der Waals surface area contributed by atoms with Crippen LogP contribution >= 0.6 is 0 Å². The van der Waals surface area contributed by atoms with Crippen molar-refractivity contribution in [2.24, 2.45) is 0 Å². The molecule has 0 saturated carbocycles. The van der Waals surface area contributed by atoms with Crippen molar-refractivity contribution in [3.63, 3.8) is 0 Å². The molecular formula is C31H56AlNO9. The first kappa shape index (κ1) is 52.3. The number of unbranched alkanes of at least 4 members (excludes halogenated alkanes) is 12. The van der Waals surface area contributed by atoms with Crippen LogP contribution in [-0.4, -0.2) is 47.3 Å². The van der Waals surface area contributed by atoms with Crippen LogP contribution in [-0.2, 0) is 29.0 Å². The Hall–Kier alpha value is -2.40. The van der Waals surface area contributed by atoms with Gasteiger partial charge in [0.1, 0.15) is 0 Å². The monoisotopic (exact) mass is 613 g/mol. The van der Waals surface area contributed by atoms with Gasteiger partial charge in [-0.05, 0) is 73.1 Å². The van der Waals surface area contributed by atoms with Crippen molar-refractivity contribution in [3.8, 4) is 6.07 Å². The van der Waals surface area contributed by atoms with Gasteiger partial charge >= 0.3 is 23.3 Å². The normalized spacial score (nSPS) is 9.12. The molecule has 0 unspecified atom stereocenters. The molecule has 0 spiro atoms. The second-order valence-electron chi connectivity index (χ2n) is 9.32. The van der Waals surface area contributed by atoms with Crippen LogP contribution in [0.4, 0.5) is 0 Å². The maximum atomic E-state index is 11.3. The van der Waals surface area contributed by atoms with Gasteiger partial charge in [0.25, 0.3) is 0 Å². The largest absolute Gasteiger partial charge is 3.00 e. The number of carbonyl (C=O) groups is 4.